The first-order valence-electron chi connectivity index (χ1n) is 6.92. The van der Waals surface area contributed by atoms with Crippen molar-refractivity contribution in [1.29, 1.82) is 0 Å². The Labute approximate surface area is 114 Å². The lowest BCUT2D eigenvalue weighted by atomic mass is 10.1. The van der Waals surface area contributed by atoms with Crippen molar-refractivity contribution in [2.75, 3.05) is 0 Å². The Bertz CT molecular complexity index is 692. The molecule has 0 unspecified atom stereocenters. The molecule has 0 fully saturated rings. The van der Waals surface area contributed by atoms with Gasteiger partial charge in [0.2, 0.25) is 0 Å². The Balaban J connectivity index is 2.15. The van der Waals surface area contributed by atoms with Crippen molar-refractivity contribution in [3.05, 3.63) is 71.4 Å². The zero-order chi connectivity index (χ0) is 13.2. The summed E-state index contributed by atoms with van der Waals surface area (Å²) in [5.74, 6) is 0. The molecule has 3 rings (SSSR count). The van der Waals surface area contributed by atoms with Gasteiger partial charge in [0.1, 0.15) is 0 Å². The first-order valence-corrected chi connectivity index (χ1v) is 6.92. The summed E-state index contributed by atoms with van der Waals surface area (Å²) >= 11 is 0. The monoisotopic (exact) mass is 249 g/mol. The molecule has 0 atom stereocenters. The molecule has 0 saturated carbocycles. The Morgan fingerprint density at radius 2 is 1.58 bits per heavy atom. The van der Waals surface area contributed by atoms with Crippen molar-refractivity contribution in [2.24, 2.45) is 0 Å². The molecule has 0 amide bonds. The molecule has 0 bridgehead atoms. The van der Waals surface area contributed by atoms with Gasteiger partial charge in [0.05, 0.1) is 0 Å². The third kappa shape index (κ3) is 2.06. The number of rotatable bonds is 3. The minimum Gasteiger partial charge on any atom is -0.340 e. The van der Waals surface area contributed by atoms with Crippen LogP contribution in [0.15, 0.2) is 54.6 Å². The third-order valence-corrected chi connectivity index (χ3v) is 3.90. The van der Waals surface area contributed by atoms with Gasteiger partial charge in [-0.2, -0.15) is 0 Å². The van der Waals surface area contributed by atoms with E-state index >= 15 is 0 Å². The van der Waals surface area contributed by atoms with Crippen molar-refractivity contribution < 1.29 is 0 Å². The van der Waals surface area contributed by atoms with Crippen LogP contribution in [0.25, 0.3) is 10.9 Å². The summed E-state index contributed by atoms with van der Waals surface area (Å²) in [6, 6.07) is 19.4. The van der Waals surface area contributed by atoms with Crippen LogP contribution < -0.4 is 0 Å². The van der Waals surface area contributed by atoms with Crippen molar-refractivity contribution in [2.45, 2.75) is 26.8 Å². The molecule has 1 heterocycles. The normalized spacial score (nSPS) is 11.1. The standard InChI is InChI=1S/C18H19N/c1-3-16-14(2)19(13-15-9-5-4-6-10-15)18-12-8-7-11-17(16)18/h4-12H,3,13H2,1-2H3. The summed E-state index contributed by atoms with van der Waals surface area (Å²) in [4.78, 5) is 0. The van der Waals surface area contributed by atoms with Crippen molar-refractivity contribution in [3.63, 3.8) is 0 Å². The van der Waals surface area contributed by atoms with Crippen LogP contribution in [0.4, 0.5) is 0 Å². The van der Waals surface area contributed by atoms with Gasteiger partial charge in [0.15, 0.2) is 0 Å². The highest BCUT2D eigenvalue weighted by molar-refractivity contribution is 5.85. The molecule has 1 heteroatoms. The first kappa shape index (κ1) is 12.0. The predicted octanol–water partition coefficient (Wildman–Crippen LogP) is 4.56. The lowest BCUT2D eigenvalue weighted by molar-refractivity contribution is 0.796. The molecule has 0 spiro atoms. The molecular weight excluding hydrogens is 230 g/mol. The Hall–Kier alpha value is -2.02. The summed E-state index contributed by atoms with van der Waals surface area (Å²) in [6.45, 7) is 5.43. The minimum absolute atomic E-state index is 0.952. The Morgan fingerprint density at radius 3 is 2.32 bits per heavy atom. The second-order valence-electron chi connectivity index (χ2n) is 5.01. The summed E-state index contributed by atoms with van der Waals surface area (Å²) in [5.41, 5.74) is 5.58. The summed E-state index contributed by atoms with van der Waals surface area (Å²) in [5, 5.41) is 1.40. The van der Waals surface area contributed by atoms with Gasteiger partial charge in [-0.3, -0.25) is 0 Å². The smallest absolute Gasteiger partial charge is 0.0488 e. The quantitative estimate of drug-likeness (QED) is 0.641. The van der Waals surface area contributed by atoms with Crippen LogP contribution in [0.1, 0.15) is 23.7 Å². The largest absolute Gasteiger partial charge is 0.340 e. The maximum atomic E-state index is 2.43. The molecule has 0 aliphatic rings. The molecule has 19 heavy (non-hydrogen) atoms. The van der Waals surface area contributed by atoms with Crippen molar-refractivity contribution in [3.8, 4) is 0 Å². The average molecular weight is 249 g/mol. The zero-order valence-corrected chi connectivity index (χ0v) is 11.6. The van der Waals surface area contributed by atoms with Crippen LogP contribution >= 0.6 is 0 Å². The number of nitrogens with zero attached hydrogens (tertiary/aromatic N) is 1. The van der Waals surface area contributed by atoms with E-state index in [0.717, 1.165) is 13.0 Å². The van der Waals surface area contributed by atoms with Crippen LogP contribution in [-0.2, 0) is 13.0 Å². The molecule has 0 N–H and O–H groups in total. The summed E-state index contributed by atoms with van der Waals surface area (Å²) in [7, 11) is 0. The van der Waals surface area contributed by atoms with E-state index in [1.807, 2.05) is 0 Å². The molecular formula is C18H19N. The molecule has 0 aliphatic carbocycles. The highest BCUT2D eigenvalue weighted by Crippen LogP contribution is 2.27. The number of fused-ring (bicyclic) bond motifs is 1. The second kappa shape index (κ2) is 4.93. The topological polar surface area (TPSA) is 4.93 Å². The van der Waals surface area contributed by atoms with E-state index in [1.54, 1.807) is 0 Å². The Kier molecular flexibility index (Phi) is 3.12. The lowest BCUT2D eigenvalue weighted by Crippen LogP contribution is -2.02. The van der Waals surface area contributed by atoms with E-state index in [2.05, 4.69) is 73.0 Å². The van der Waals surface area contributed by atoms with Crippen LogP contribution in [0.5, 0.6) is 0 Å². The molecule has 0 aliphatic heterocycles. The van der Waals surface area contributed by atoms with Gasteiger partial charge in [-0.1, -0.05) is 55.5 Å². The fraction of sp³-hybridized carbons (Fsp3) is 0.222. The van der Waals surface area contributed by atoms with Gasteiger partial charge < -0.3 is 4.57 Å². The molecule has 0 saturated heterocycles. The van der Waals surface area contributed by atoms with Gasteiger partial charge in [-0.05, 0) is 30.5 Å². The van der Waals surface area contributed by atoms with E-state index in [-0.39, 0.29) is 0 Å². The number of para-hydroxylation sites is 1. The van der Waals surface area contributed by atoms with E-state index in [9.17, 15) is 0 Å². The molecule has 96 valence electrons. The SMILES string of the molecule is CCc1c(C)n(Cc2ccccc2)c2ccccc12. The second-order valence-corrected chi connectivity index (χ2v) is 5.01. The lowest BCUT2D eigenvalue weighted by Gasteiger charge is -2.08. The molecule has 0 radical (unpaired) electrons. The van der Waals surface area contributed by atoms with Crippen LogP contribution in [0.3, 0.4) is 0 Å². The van der Waals surface area contributed by atoms with Gasteiger partial charge in [0.25, 0.3) is 0 Å². The molecule has 2 aromatic carbocycles. The van der Waals surface area contributed by atoms with Gasteiger partial charge in [0, 0.05) is 23.1 Å². The van der Waals surface area contributed by atoms with Crippen molar-refractivity contribution in [1.82, 2.24) is 4.57 Å². The van der Waals surface area contributed by atoms with Gasteiger partial charge in [-0.15, -0.1) is 0 Å². The van der Waals surface area contributed by atoms with E-state index in [0.29, 0.717) is 0 Å². The molecule has 1 nitrogen and oxygen atoms in total. The number of hydrogen-bond donors (Lipinski definition) is 0. The first-order chi connectivity index (χ1) is 9.31. The maximum Gasteiger partial charge on any atom is 0.0488 e. The zero-order valence-electron chi connectivity index (χ0n) is 11.6. The van der Waals surface area contributed by atoms with E-state index < -0.39 is 0 Å². The molecule has 3 aromatic rings. The predicted molar refractivity (Wildman–Crippen MR) is 81.6 cm³/mol. The van der Waals surface area contributed by atoms with Gasteiger partial charge in [-0.25, -0.2) is 0 Å². The number of benzene rings is 2. The fourth-order valence-corrected chi connectivity index (χ4v) is 2.92. The number of aromatic nitrogens is 1. The van der Waals surface area contributed by atoms with E-state index in [4.69, 9.17) is 0 Å². The molecule has 1 aromatic heterocycles. The van der Waals surface area contributed by atoms with Crippen LogP contribution in [0, 0.1) is 6.92 Å². The summed E-state index contributed by atoms with van der Waals surface area (Å²) in [6.07, 6.45) is 1.09. The average Bonchev–Trinajstić information content (AvgIpc) is 2.73. The highest BCUT2D eigenvalue weighted by atomic mass is 15.0. The van der Waals surface area contributed by atoms with Crippen LogP contribution in [0.2, 0.25) is 0 Å². The van der Waals surface area contributed by atoms with Gasteiger partial charge >= 0.3 is 0 Å². The highest BCUT2D eigenvalue weighted by Gasteiger charge is 2.11. The fourth-order valence-electron chi connectivity index (χ4n) is 2.92. The number of aryl methyl sites for hydroxylation is 1. The Morgan fingerprint density at radius 1 is 0.895 bits per heavy atom. The summed E-state index contributed by atoms with van der Waals surface area (Å²) < 4.78 is 2.43. The van der Waals surface area contributed by atoms with Crippen molar-refractivity contribution >= 4 is 10.9 Å². The number of hydrogen-bond acceptors (Lipinski definition) is 0. The maximum absolute atomic E-state index is 2.43. The van der Waals surface area contributed by atoms with Crippen LogP contribution in [-0.4, -0.2) is 4.57 Å². The third-order valence-electron chi connectivity index (χ3n) is 3.90. The minimum atomic E-state index is 0.952. The van der Waals surface area contributed by atoms with E-state index in [1.165, 1.54) is 27.7 Å².